The van der Waals surface area contributed by atoms with Gasteiger partial charge in [-0.1, -0.05) is 44.7 Å². The zero-order chi connectivity index (χ0) is 7.49. The van der Waals surface area contributed by atoms with Gasteiger partial charge in [0.15, 0.2) is 0 Å². The van der Waals surface area contributed by atoms with Gasteiger partial charge in [-0.15, -0.1) is 0 Å². The molecular weight excluding hydrogens is 106 g/mol. The maximum absolute atomic E-state index is 2.35. The van der Waals surface area contributed by atoms with Crippen LogP contribution in [0.5, 0.6) is 0 Å². The van der Waals surface area contributed by atoms with Crippen LogP contribution in [0.4, 0.5) is 0 Å². The largest absolute Gasteiger partial charge is 0.0995 e. The highest BCUT2D eigenvalue weighted by atomic mass is 14.2. The van der Waals surface area contributed by atoms with Gasteiger partial charge in [-0.2, -0.15) is 0 Å². The molecule has 0 aromatic heterocycles. The first-order valence-electron chi connectivity index (χ1n) is 4.04. The van der Waals surface area contributed by atoms with E-state index in [1.807, 2.05) is 0 Å². The maximum Gasteiger partial charge on any atom is 0.0995 e. The lowest BCUT2D eigenvalue weighted by atomic mass is 9.47. The molecule has 1 atom stereocenters. The molecule has 0 aromatic carbocycles. The predicted octanol–water partition coefficient (Wildman–Crippen LogP) is 0.825. The van der Waals surface area contributed by atoms with Gasteiger partial charge in [0.05, 0.1) is 15.7 Å². The van der Waals surface area contributed by atoms with Crippen LogP contribution in [0.15, 0.2) is 0 Å². The Morgan fingerprint density at radius 2 is 1.78 bits per heavy atom. The smallest absolute Gasteiger partial charge is 0.0823 e. The molecule has 0 aliphatic carbocycles. The number of rotatable bonds is 3. The highest BCUT2D eigenvalue weighted by Crippen LogP contribution is 2.32. The van der Waals surface area contributed by atoms with Crippen LogP contribution < -0.4 is 0 Å². The molecule has 0 fully saturated rings. The fourth-order valence-electron chi connectivity index (χ4n) is 0.901. The fourth-order valence-corrected chi connectivity index (χ4v) is 0.901. The summed E-state index contributed by atoms with van der Waals surface area (Å²) in [4.78, 5) is 0. The summed E-state index contributed by atoms with van der Waals surface area (Å²) < 4.78 is 0. The predicted molar refractivity (Wildman–Crippen MR) is 49.5 cm³/mol. The minimum atomic E-state index is 0.550. The molecule has 52 valence electrons. The van der Waals surface area contributed by atoms with E-state index in [2.05, 4.69) is 36.5 Å². The van der Waals surface area contributed by atoms with E-state index in [4.69, 9.17) is 0 Å². The van der Waals surface area contributed by atoms with Crippen molar-refractivity contribution in [1.29, 1.82) is 0 Å². The van der Waals surface area contributed by atoms with Gasteiger partial charge >= 0.3 is 0 Å². The van der Waals surface area contributed by atoms with E-state index in [0.717, 1.165) is 5.92 Å². The molecule has 9 heavy (non-hydrogen) atoms. The van der Waals surface area contributed by atoms with Gasteiger partial charge in [-0.25, -0.2) is 0 Å². The van der Waals surface area contributed by atoms with Crippen molar-refractivity contribution in [2.24, 2.45) is 5.92 Å². The molecule has 0 heterocycles. The first-order valence-corrected chi connectivity index (χ1v) is 4.04. The average Bonchev–Trinajstić information content (AvgIpc) is 1.86. The average molecular weight is 124 g/mol. The van der Waals surface area contributed by atoms with E-state index in [9.17, 15) is 0 Å². The van der Waals surface area contributed by atoms with Crippen LogP contribution in [0.25, 0.3) is 0 Å². The van der Waals surface area contributed by atoms with Crippen LogP contribution in [0.3, 0.4) is 0 Å². The zero-order valence-corrected chi connectivity index (χ0v) is 7.49. The molecule has 0 saturated carbocycles. The van der Waals surface area contributed by atoms with Crippen molar-refractivity contribution in [3.05, 3.63) is 0 Å². The fraction of sp³-hybridized carbons (Fsp3) is 1.00. The van der Waals surface area contributed by atoms with Crippen molar-refractivity contribution in [2.45, 2.75) is 38.8 Å². The van der Waals surface area contributed by atoms with Crippen molar-refractivity contribution in [1.82, 2.24) is 0 Å². The Labute approximate surface area is 61.2 Å². The summed E-state index contributed by atoms with van der Waals surface area (Å²) >= 11 is 0. The van der Waals surface area contributed by atoms with Crippen molar-refractivity contribution in [3.63, 3.8) is 0 Å². The highest BCUT2D eigenvalue weighted by molar-refractivity contribution is 6.39. The van der Waals surface area contributed by atoms with Crippen molar-refractivity contribution in [2.75, 3.05) is 0 Å². The molecule has 0 aromatic rings. The monoisotopic (exact) mass is 124 g/mol. The van der Waals surface area contributed by atoms with Crippen molar-refractivity contribution < 1.29 is 0 Å². The Hall–Kier alpha value is 0.130. The molecule has 0 aliphatic rings. The van der Waals surface area contributed by atoms with E-state index < -0.39 is 0 Å². The molecule has 0 saturated heterocycles. The summed E-state index contributed by atoms with van der Waals surface area (Å²) in [5.74, 6) is 0.863. The van der Waals surface area contributed by atoms with Crippen LogP contribution >= 0.6 is 0 Å². The second-order valence-electron chi connectivity index (χ2n) is 3.65. The Morgan fingerprint density at radius 1 is 1.33 bits per heavy atom. The van der Waals surface area contributed by atoms with E-state index in [0.29, 0.717) is 5.21 Å². The van der Waals surface area contributed by atoms with Crippen LogP contribution in [-0.4, -0.2) is 15.7 Å². The summed E-state index contributed by atoms with van der Waals surface area (Å²) in [6.07, 6.45) is 2.60. The Bertz CT molecular complexity index is 79.0. The molecule has 2 heteroatoms. The molecule has 1 unspecified atom stereocenters. The third kappa shape index (κ3) is 2.47. The Balaban J connectivity index is 3.80. The van der Waals surface area contributed by atoms with Gasteiger partial charge in [-0.05, 0) is 0 Å². The molecule has 0 bridgehead atoms. The third-order valence-corrected chi connectivity index (χ3v) is 2.86. The number of hydrogen-bond donors (Lipinski definition) is 0. The lowest BCUT2D eigenvalue weighted by Crippen LogP contribution is -2.20. The third-order valence-electron chi connectivity index (χ3n) is 2.86. The van der Waals surface area contributed by atoms with E-state index in [-0.39, 0.29) is 0 Å². The molecule has 0 amide bonds. The van der Waals surface area contributed by atoms with Gasteiger partial charge < -0.3 is 0 Å². The normalized spacial score (nSPS) is 15.4. The second kappa shape index (κ2) is 3.34. The van der Waals surface area contributed by atoms with Crippen molar-refractivity contribution in [3.8, 4) is 0 Å². The van der Waals surface area contributed by atoms with E-state index in [1.165, 1.54) is 12.8 Å². The maximum atomic E-state index is 2.35. The highest BCUT2D eigenvalue weighted by Gasteiger charge is 2.21. The molecule has 0 nitrogen and oxygen atoms in total. The molecule has 0 radical (unpaired) electrons. The quantitative estimate of drug-likeness (QED) is 0.488. The van der Waals surface area contributed by atoms with E-state index in [1.54, 1.807) is 0 Å². The first kappa shape index (κ1) is 9.13. The SMILES string of the molecule is BC(B)(CC)C(C)CC. The van der Waals surface area contributed by atoms with Gasteiger partial charge in [0, 0.05) is 0 Å². The summed E-state index contributed by atoms with van der Waals surface area (Å²) in [6, 6.07) is 0. The first-order chi connectivity index (χ1) is 4.04. The van der Waals surface area contributed by atoms with Crippen LogP contribution in [-0.2, 0) is 0 Å². The molecule has 0 N–H and O–H groups in total. The molecule has 0 aliphatic heterocycles. The lowest BCUT2D eigenvalue weighted by Gasteiger charge is -2.29. The topological polar surface area (TPSA) is 0 Å². The molecule has 0 rings (SSSR count). The zero-order valence-electron chi connectivity index (χ0n) is 7.49. The summed E-state index contributed by atoms with van der Waals surface area (Å²) in [5.41, 5.74) is 0. The standard InChI is InChI=1S/C7H18B2/c1-4-6(3)7(8,9)5-2/h6H,4-5,8-9H2,1-3H3. The molecular formula is C7H18B2. The second-order valence-corrected chi connectivity index (χ2v) is 3.65. The summed E-state index contributed by atoms with van der Waals surface area (Å²) in [5, 5.41) is 0.550. The van der Waals surface area contributed by atoms with Gasteiger partial charge in [0.2, 0.25) is 0 Å². The summed E-state index contributed by atoms with van der Waals surface area (Å²) in [6.45, 7) is 6.87. The van der Waals surface area contributed by atoms with E-state index >= 15 is 0 Å². The Kier molecular flexibility index (Phi) is 3.38. The molecule has 0 spiro atoms. The van der Waals surface area contributed by atoms with Crippen LogP contribution in [0.1, 0.15) is 33.6 Å². The summed E-state index contributed by atoms with van der Waals surface area (Å²) in [7, 11) is 4.70. The minimum absolute atomic E-state index is 0.550. The van der Waals surface area contributed by atoms with Crippen molar-refractivity contribution >= 4 is 15.7 Å². The van der Waals surface area contributed by atoms with Crippen LogP contribution in [0, 0.1) is 5.92 Å². The Morgan fingerprint density at radius 3 is 1.89 bits per heavy atom. The number of hydrogen-bond acceptors (Lipinski definition) is 0. The van der Waals surface area contributed by atoms with Gasteiger partial charge in [0.25, 0.3) is 0 Å². The van der Waals surface area contributed by atoms with Crippen LogP contribution in [0.2, 0.25) is 5.21 Å². The minimum Gasteiger partial charge on any atom is -0.0823 e. The lowest BCUT2D eigenvalue weighted by molar-refractivity contribution is 0.466. The van der Waals surface area contributed by atoms with Gasteiger partial charge in [-0.3, -0.25) is 0 Å². The van der Waals surface area contributed by atoms with Gasteiger partial charge in [0.1, 0.15) is 0 Å².